The first kappa shape index (κ1) is 22.9. The molecule has 3 aromatic rings. The molecule has 0 unspecified atom stereocenters. The predicted molar refractivity (Wildman–Crippen MR) is 129 cm³/mol. The second-order valence-electron chi connectivity index (χ2n) is 8.61. The van der Waals surface area contributed by atoms with Gasteiger partial charge in [-0.1, -0.05) is 30.3 Å². The van der Waals surface area contributed by atoms with Gasteiger partial charge in [0.1, 0.15) is 11.4 Å². The number of carbonyl (C=O) groups excluding carboxylic acids is 2. The number of H-pyrrole nitrogens is 1. The van der Waals surface area contributed by atoms with E-state index in [1.54, 1.807) is 19.2 Å². The number of nitrogens with one attached hydrogen (secondary N) is 2. The zero-order chi connectivity index (χ0) is 23.4. The number of methoxy groups -OCH3 is 2. The van der Waals surface area contributed by atoms with E-state index in [0.717, 1.165) is 37.7 Å². The maximum atomic E-state index is 13.2. The van der Waals surface area contributed by atoms with Gasteiger partial charge in [0.05, 0.1) is 31.5 Å². The highest BCUT2D eigenvalue weighted by molar-refractivity contribution is 6.11. The van der Waals surface area contributed by atoms with Gasteiger partial charge < -0.3 is 19.8 Å². The van der Waals surface area contributed by atoms with Gasteiger partial charge in [-0.25, -0.2) is 4.79 Å². The molecule has 0 aliphatic carbocycles. The molecule has 7 heteroatoms. The Hall–Kier alpha value is -3.32. The van der Waals surface area contributed by atoms with Crippen molar-refractivity contribution in [2.45, 2.75) is 32.2 Å². The van der Waals surface area contributed by atoms with Crippen LogP contribution in [-0.4, -0.2) is 55.1 Å². The lowest BCUT2D eigenvalue weighted by atomic mass is 9.89. The lowest BCUT2D eigenvalue weighted by Crippen LogP contribution is -2.46. The van der Waals surface area contributed by atoms with Crippen LogP contribution >= 0.6 is 0 Å². The first-order chi connectivity index (χ1) is 16.0. The maximum Gasteiger partial charge on any atom is 0.356 e. The average Bonchev–Trinajstić information content (AvgIpc) is 3.21. The third-order valence-corrected chi connectivity index (χ3v) is 6.59. The van der Waals surface area contributed by atoms with Crippen LogP contribution in [0.5, 0.6) is 5.75 Å². The molecule has 1 aliphatic rings. The van der Waals surface area contributed by atoms with Gasteiger partial charge in [0.15, 0.2) is 0 Å². The molecule has 2 N–H and O–H groups in total. The molecule has 1 aromatic heterocycles. The Labute approximate surface area is 194 Å². The van der Waals surface area contributed by atoms with Gasteiger partial charge in [-0.15, -0.1) is 0 Å². The summed E-state index contributed by atoms with van der Waals surface area (Å²) in [6.07, 6.45) is 3.20. The van der Waals surface area contributed by atoms with Crippen LogP contribution in [0.4, 0.5) is 5.69 Å². The number of hydrogen-bond acceptors (Lipinski definition) is 5. The predicted octanol–water partition coefficient (Wildman–Crippen LogP) is 4.24. The summed E-state index contributed by atoms with van der Waals surface area (Å²) in [6, 6.07) is 15.7. The molecule has 1 aliphatic heterocycles. The average molecular weight is 450 g/mol. The van der Waals surface area contributed by atoms with Crippen LogP contribution in [-0.2, 0) is 16.0 Å². The van der Waals surface area contributed by atoms with E-state index in [1.807, 2.05) is 19.1 Å². The zero-order valence-corrected chi connectivity index (χ0v) is 19.4. The lowest BCUT2D eigenvalue weighted by Gasteiger charge is -2.35. The number of carbonyl (C=O) groups is 2. The smallest absolute Gasteiger partial charge is 0.356 e. The molecule has 7 nitrogen and oxygen atoms in total. The molecule has 4 rings (SSSR count). The number of aromatic nitrogens is 1. The van der Waals surface area contributed by atoms with E-state index in [1.165, 1.54) is 12.7 Å². The Kier molecular flexibility index (Phi) is 6.99. The molecule has 1 atom stereocenters. The van der Waals surface area contributed by atoms with Crippen molar-refractivity contribution in [3.63, 3.8) is 0 Å². The summed E-state index contributed by atoms with van der Waals surface area (Å²) in [5, 5.41) is 3.72. The number of esters is 1. The molecule has 33 heavy (non-hydrogen) atoms. The van der Waals surface area contributed by atoms with E-state index in [4.69, 9.17) is 9.47 Å². The van der Waals surface area contributed by atoms with Crippen LogP contribution in [0.2, 0.25) is 0 Å². The van der Waals surface area contributed by atoms with Gasteiger partial charge in [0.25, 0.3) is 0 Å². The number of ether oxygens (including phenoxy) is 2. The molecule has 174 valence electrons. The summed E-state index contributed by atoms with van der Waals surface area (Å²) < 4.78 is 10.2. The molecule has 0 radical (unpaired) electrons. The number of aromatic amines is 1. The standard InChI is InChI=1S/C26H31N3O4/c1-17(29-13-11-19(12-14-29)15-18-7-5-4-6-8-18)25(30)28-23-21-10-9-20(32-2)16-22(21)27-24(23)26(31)33-3/h4-10,16-17,19,27H,11-15H2,1-3H3,(H,28,30)/t17-/m0/s1. The van der Waals surface area contributed by atoms with E-state index in [0.29, 0.717) is 22.9 Å². The molecule has 0 spiro atoms. The third kappa shape index (κ3) is 5.03. The molecule has 1 amide bonds. The van der Waals surface area contributed by atoms with E-state index in [-0.39, 0.29) is 17.6 Å². The Morgan fingerprint density at radius 1 is 1.12 bits per heavy atom. The number of likely N-dealkylation sites (tertiary alicyclic amines) is 1. The maximum absolute atomic E-state index is 13.2. The molecular formula is C26H31N3O4. The number of nitrogens with zero attached hydrogens (tertiary/aromatic N) is 1. The molecular weight excluding hydrogens is 418 g/mol. The van der Waals surface area contributed by atoms with E-state index in [9.17, 15) is 9.59 Å². The largest absolute Gasteiger partial charge is 0.497 e. The number of piperidine rings is 1. The second kappa shape index (κ2) is 10.1. The fourth-order valence-electron chi connectivity index (χ4n) is 4.57. The first-order valence-corrected chi connectivity index (χ1v) is 11.4. The van der Waals surface area contributed by atoms with E-state index < -0.39 is 5.97 Å². The van der Waals surface area contributed by atoms with E-state index in [2.05, 4.69) is 39.5 Å². The van der Waals surface area contributed by atoms with Crippen LogP contribution in [0, 0.1) is 5.92 Å². The van der Waals surface area contributed by atoms with E-state index >= 15 is 0 Å². The number of rotatable bonds is 7. The van der Waals surface area contributed by atoms with Crippen molar-refractivity contribution in [1.82, 2.24) is 9.88 Å². The summed E-state index contributed by atoms with van der Waals surface area (Å²) >= 11 is 0. The van der Waals surface area contributed by atoms with Crippen molar-refractivity contribution in [2.24, 2.45) is 5.92 Å². The summed E-state index contributed by atoms with van der Waals surface area (Å²) in [6.45, 7) is 3.67. The normalized spacial score (nSPS) is 15.8. The summed E-state index contributed by atoms with van der Waals surface area (Å²) in [5.74, 6) is 0.617. The van der Waals surface area contributed by atoms with Gasteiger partial charge >= 0.3 is 5.97 Å². The van der Waals surface area contributed by atoms with Gasteiger partial charge in [-0.05, 0) is 62.9 Å². The molecule has 0 saturated carbocycles. The Balaban J connectivity index is 1.44. The van der Waals surface area contributed by atoms with Crippen molar-refractivity contribution in [3.8, 4) is 5.75 Å². The van der Waals surface area contributed by atoms with Crippen LogP contribution < -0.4 is 10.1 Å². The van der Waals surface area contributed by atoms with Crippen LogP contribution in [0.3, 0.4) is 0 Å². The minimum absolute atomic E-state index is 0.140. The SMILES string of the molecule is COC(=O)c1[nH]c2cc(OC)ccc2c1NC(=O)[C@H](C)N1CCC(Cc2ccccc2)CC1. The molecule has 2 heterocycles. The Morgan fingerprint density at radius 3 is 2.52 bits per heavy atom. The van der Waals surface area contributed by atoms with Crippen LogP contribution in [0.15, 0.2) is 48.5 Å². The van der Waals surface area contributed by atoms with Crippen LogP contribution in [0.25, 0.3) is 10.9 Å². The number of benzene rings is 2. The van der Waals surface area contributed by atoms with Gasteiger partial charge in [-0.2, -0.15) is 0 Å². The minimum Gasteiger partial charge on any atom is -0.497 e. The first-order valence-electron chi connectivity index (χ1n) is 11.4. The number of hydrogen-bond donors (Lipinski definition) is 2. The second-order valence-corrected chi connectivity index (χ2v) is 8.61. The summed E-state index contributed by atoms with van der Waals surface area (Å²) in [4.78, 5) is 30.8. The van der Waals surface area contributed by atoms with Crippen LogP contribution in [0.1, 0.15) is 35.8 Å². The van der Waals surface area contributed by atoms with Gasteiger partial charge in [0.2, 0.25) is 5.91 Å². The fourth-order valence-corrected chi connectivity index (χ4v) is 4.57. The quantitative estimate of drug-likeness (QED) is 0.527. The minimum atomic E-state index is -0.533. The molecule has 2 aromatic carbocycles. The molecule has 1 fully saturated rings. The third-order valence-electron chi connectivity index (χ3n) is 6.59. The number of amides is 1. The van der Waals surface area contributed by atoms with Gasteiger partial charge in [0, 0.05) is 11.5 Å². The van der Waals surface area contributed by atoms with Crippen molar-refractivity contribution in [2.75, 3.05) is 32.6 Å². The highest BCUT2D eigenvalue weighted by atomic mass is 16.5. The fraction of sp³-hybridized carbons (Fsp3) is 0.385. The van der Waals surface area contributed by atoms with Crippen molar-refractivity contribution in [3.05, 3.63) is 59.8 Å². The van der Waals surface area contributed by atoms with Crippen molar-refractivity contribution < 1.29 is 19.1 Å². The lowest BCUT2D eigenvalue weighted by molar-refractivity contribution is -0.121. The summed E-state index contributed by atoms with van der Waals surface area (Å²) in [5.41, 5.74) is 2.73. The number of anilines is 1. The highest BCUT2D eigenvalue weighted by Gasteiger charge is 2.28. The topological polar surface area (TPSA) is 83.7 Å². The summed E-state index contributed by atoms with van der Waals surface area (Å²) in [7, 11) is 2.90. The van der Waals surface area contributed by atoms with Gasteiger partial charge in [-0.3, -0.25) is 9.69 Å². The zero-order valence-electron chi connectivity index (χ0n) is 19.4. The number of fused-ring (bicyclic) bond motifs is 1. The Morgan fingerprint density at radius 2 is 1.85 bits per heavy atom. The molecule has 0 bridgehead atoms. The monoisotopic (exact) mass is 449 g/mol. The Bertz CT molecular complexity index is 1120. The molecule has 1 saturated heterocycles. The van der Waals surface area contributed by atoms with Crippen molar-refractivity contribution >= 4 is 28.5 Å². The van der Waals surface area contributed by atoms with Crippen molar-refractivity contribution in [1.29, 1.82) is 0 Å². The highest BCUT2D eigenvalue weighted by Crippen LogP contribution is 2.31.